The van der Waals surface area contributed by atoms with Gasteiger partial charge in [-0.2, -0.15) is 0 Å². The molecule has 2 aliphatic heterocycles. The number of ether oxygens (including phenoxy) is 1. The summed E-state index contributed by atoms with van der Waals surface area (Å²) in [7, 11) is 1.46. The number of rotatable bonds is 3. The van der Waals surface area contributed by atoms with Crippen LogP contribution in [0.25, 0.3) is 10.9 Å². The summed E-state index contributed by atoms with van der Waals surface area (Å²) in [6.45, 7) is 3.31. The van der Waals surface area contributed by atoms with Gasteiger partial charge in [-0.05, 0) is 31.4 Å². The normalized spacial score (nSPS) is 20.5. The fraction of sp³-hybridized carbons (Fsp3) is 0.474. The Labute approximate surface area is 146 Å². The number of amides is 1. The smallest absolute Gasteiger partial charge is 0.227 e. The molecular formula is C19H22FN3O2. The Morgan fingerprint density at radius 3 is 2.84 bits per heavy atom. The van der Waals surface area contributed by atoms with E-state index in [9.17, 15) is 9.18 Å². The van der Waals surface area contributed by atoms with Crippen LogP contribution in [-0.2, 0) is 4.79 Å². The number of aromatic nitrogens is 1. The van der Waals surface area contributed by atoms with E-state index in [1.54, 1.807) is 12.3 Å². The number of pyridine rings is 1. The van der Waals surface area contributed by atoms with E-state index in [4.69, 9.17) is 4.74 Å². The molecule has 0 aliphatic carbocycles. The van der Waals surface area contributed by atoms with E-state index >= 15 is 0 Å². The number of nitrogens with zero attached hydrogens (tertiary/aromatic N) is 3. The van der Waals surface area contributed by atoms with Crippen molar-refractivity contribution in [1.82, 2.24) is 9.88 Å². The molecule has 2 aliphatic rings. The van der Waals surface area contributed by atoms with E-state index < -0.39 is 5.82 Å². The number of halogens is 1. The number of benzene rings is 1. The van der Waals surface area contributed by atoms with Crippen LogP contribution in [0.5, 0.6) is 5.75 Å². The van der Waals surface area contributed by atoms with Gasteiger partial charge in [-0.15, -0.1) is 0 Å². The van der Waals surface area contributed by atoms with Gasteiger partial charge in [0.05, 0.1) is 18.5 Å². The lowest BCUT2D eigenvalue weighted by Gasteiger charge is -2.22. The molecule has 2 saturated heterocycles. The predicted molar refractivity (Wildman–Crippen MR) is 94.4 cm³/mol. The molecule has 5 nitrogen and oxygen atoms in total. The van der Waals surface area contributed by atoms with Crippen LogP contribution < -0.4 is 9.64 Å². The van der Waals surface area contributed by atoms with Crippen LogP contribution >= 0.6 is 0 Å². The average Bonchev–Trinajstić information content (AvgIpc) is 3.31. The minimum absolute atomic E-state index is 0.0451. The third-order valence-corrected chi connectivity index (χ3v) is 5.29. The SMILES string of the molecule is COc1cc2c(N3CCC(C(=O)N4CCCC4)C3)ccnc2cc1F. The molecule has 2 fully saturated rings. The van der Waals surface area contributed by atoms with E-state index in [0.29, 0.717) is 12.1 Å². The number of methoxy groups -OCH3 is 1. The largest absolute Gasteiger partial charge is 0.494 e. The second-order valence-corrected chi connectivity index (χ2v) is 6.80. The summed E-state index contributed by atoms with van der Waals surface area (Å²) in [6, 6.07) is 5.03. The fourth-order valence-corrected chi connectivity index (χ4v) is 3.94. The van der Waals surface area contributed by atoms with Gasteiger partial charge in [0.2, 0.25) is 5.91 Å². The van der Waals surface area contributed by atoms with Gasteiger partial charge in [0.1, 0.15) is 0 Å². The summed E-state index contributed by atoms with van der Waals surface area (Å²) in [5.74, 6) is 0.124. The first-order valence-electron chi connectivity index (χ1n) is 8.83. The first kappa shape index (κ1) is 16.1. The van der Waals surface area contributed by atoms with E-state index in [-0.39, 0.29) is 17.6 Å². The lowest BCUT2D eigenvalue weighted by molar-refractivity contribution is -0.133. The number of hydrogen-bond acceptors (Lipinski definition) is 4. The summed E-state index contributed by atoms with van der Waals surface area (Å²) in [5.41, 5.74) is 1.59. The summed E-state index contributed by atoms with van der Waals surface area (Å²) >= 11 is 0. The Morgan fingerprint density at radius 2 is 2.08 bits per heavy atom. The van der Waals surface area contributed by atoms with E-state index in [1.807, 2.05) is 11.0 Å². The van der Waals surface area contributed by atoms with Gasteiger partial charge >= 0.3 is 0 Å². The zero-order valence-electron chi connectivity index (χ0n) is 14.4. The van der Waals surface area contributed by atoms with E-state index in [2.05, 4.69) is 9.88 Å². The number of carbonyl (C=O) groups is 1. The number of hydrogen-bond donors (Lipinski definition) is 0. The van der Waals surface area contributed by atoms with Crippen LogP contribution in [0.2, 0.25) is 0 Å². The zero-order chi connectivity index (χ0) is 17.4. The van der Waals surface area contributed by atoms with Gasteiger partial charge in [0.25, 0.3) is 0 Å². The molecule has 1 atom stereocenters. The molecule has 3 heterocycles. The van der Waals surface area contributed by atoms with Gasteiger partial charge < -0.3 is 14.5 Å². The van der Waals surface area contributed by atoms with Crippen molar-refractivity contribution < 1.29 is 13.9 Å². The molecule has 1 aromatic heterocycles. The Balaban J connectivity index is 1.61. The first-order valence-corrected chi connectivity index (χ1v) is 8.83. The highest BCUT2D eigenvalue weighted by atomic mass is 19.1. The summed E-state index contributed by atoms with van der Waals surface area (Å²) in [6.07, 6.45) is 4.78. The Kier molecular flexibility index (Phi) is 4.19. The summed E-state index contributed by atoms with van der Waals surface area (Å²) < 4.78 is 19.1. The summed E-state index contributed by atoms with van der Waals surface area (Å²) in [4.78, 5) is 21.1. The maximum absolute atomic E-state index is 13.9. The molecule has 0 N–H and O–H groups in total. The topological polar surface area (TPSA) is 45.7 Å². The second-order valence-electron chi connectivity index (χ2n) is 6.80. The highest BCUT2D eigenvalue weighted by Crippen LogP contribution is 2.34. The molecule has 1 aromatic carbocycles. The van der Waals surface area contributed by atoms with Crippen molar-refractivity contribution in [3.05, 3.63) is 30.2 Å². The van der Waals surface area contributed by atoms with E-state index in [0.717, 1.165) is 50.0 Å². The standard InChI is InChI=1S/C19H22FN3O2/c1-25-18-10-14-16(11-15(18)20)21-6-4-17(14)23-9-5-13(12-23)19(24)22-7-2-3-8-22/h4,6,10-11,13H,2-3,5,7-9,12H2,1H3. The lowest BCUT2D eigenvalue weighted by atomic mass is 10.1. The molecule has 132 valence electrons. The Bertz CT molecular complexity index is 805. The molecule has 1 amide bonds. The zero-order valence-corrected chi connectivity index (χ0v) is 14.4. The van der Waals surface area contributed by atoms with E-state index in [1.165, 1.54) is 13.2 Å². The Hall–Kier alpha value is -2.37. The Morgan fingerprint density at radius 1 is 1.28 bits per heavy atom. The van der Waals surface area contributed by atoms with Crippen molar-refractivity contribution >= 4 is 22.5 Å². The molecule has 0 saturated carbocycles. The van der Waals surface area contributed by atoms with Crippen molar-refractivity contribution in [2.45, 2.75) is 19.3 Å². The average molecular weight is 343 g/mol. The number of fused-ring (bicyclic) bond motifs is 1. The minimum Gasteiger partial charge on any atom is -0.494 e. The molecular weight excluding hydrogens is 321 g/mol. The molecule has 25 heavy (non-hydrogen) atoms. The number of likely N-dealkylation sites (tertiary alicyclic amines) is 1. The molecule has 0 radical (unpaired) electrons. The first-order chi connectivity index (χ1) is 12.2. The monoisotopic (exact) mass is 343 g/mol. The lowest BCUT2D eigenvalue weighted by Crippen LogP contribution is -2.35. The molecule has 0 spiro atoms. The predicted octanol–water partition coefficient (Wildman–Crippen LogP) is 2.83. The van der Waals surface area contributed by atoms with Crippen molar-refractivity contribution in [1.29, 1.82) is 0 Å². The van der Waals surface area contributed by atoms with Gasteiger partial charge in [-0.25, -0.2) is 4.39 Å². The van der Waals surface area contributed by atoms with Crippen LogP contribution in [0.3, 0.4) is 0 Å². The molecule has 6 heteroatoms. The van der Waals surface area contributed by atoms with Crippen LogP contribution in [0, 0.1) is 11.7 Å². The molecule has 4 rings (SSSR count). The van der Waals surface area contributed by atoms with Crippen molar-refractivity contribution in [2.24, 2.45) is 5.92 Å². The van der Waals surface area contributed by atoms with Crippen LogP contribution in [-0.4, -0.2) is 49.1 Å². The van der Waals surface area contributed by atoms with Gasteiger partial charge in [-0.1, -0.05) is 0 Å². The van der Waals surface area contributed by atoms with Gasteiger partial charge in [0.15, 0.2) is 11.6 Å². The maximum Gasteiger partial charge on any atom is 0.227 e. The number of anilines is 1. The third kappa shape index (κ3) is 2.90. The van der Waals surface area contributed by atoms with Gasteiger partial charge in [0, 0.05) is 49.5 Å². The number of carbonyl (C=O) groups excluding carboxylic acids is 1. The minimum atomic E-state index is -0.414. The van der Waals surface area contributed by atoms with Crippen molar-refractivity contribution in [3.8, 4) is 5.75 Å². The fourth-order valence-electron chi connectivity index (χ4n) is 3.94. The maximum atomic E-state index is 13.9. The van der Waals surface area contributed by atoms with Crippen LogP contribution in [0.4, 0.5) is 10.1 Å². The van der Waals surface area contributed by atoms with Crippen LogP contribution in [0.15, 0.2) is 24.4 Å². The van der Waals surface area contributed by atoms with Crippen molar-refractivity contribution in [2.75, 3.05) is 38.2 Å². The summed E-state index contributed by atoms with van der Waals surface area (Å²) in [5, 5.41) is 0.857. The molecule has 0 bridgehead atoms. The second kappa shape index (κ2) is 6.50. The highest BCUT2D eigenvalue weighted by Gasteiger charge is 2.33. The quantitative estimate of drug-likeness (QED) is 0.860. The third-order valence-electron chi connectivity index (χ3n) is 5.29. The highest BCUT2D eigenvalue weighted by molar-refractivity contribution is 5.93. The molecule has 1 unspecified atom stereocenters. The van der Waals surface area contributed by atoms with Crippen molar-refractivity contribution in [3.63, 3.8) is 0 Å². The van der Waals surface area contributed by atoms with Gasteiger partial charge in [-0.3, -0.25) is 9.78 Å². The molecule has 2 aromatic rings. The van der Waals surface area contributed by atoms with Crippen LogP contribution in [0.1, 0.15) is 19.3 Å².